The van der Waals surface area contributed by atoms with E-state index in [2.05, 4.69) is 48.9 Å². The molecule has 8 heteroatoms. The van der Waals surface area contributed by atoms with Crippen LogP contribution in [0.5, 0.6) is 5.75 Å². The Hall–Kier alpha value is -1.81. The van der Waals surface area contributed by atoms with Gasteiger partial charge in [0.05, 0.1) is 22.9 Å². The molecule has 0 unspecified atom stereocenters. The Morgan fingerprint density at radius 2 is 2.08 bits per heavy atom. The van der Waals surface area contributed by atoms with Crippen LogP contribution in [0.4, 0.5) is 0 Å². The van der Waals surface area contributed by atoms with Crippen molar-refractivity contribution >= 4 is 44.4 Å². The summed E-state index contributed by atoms with van der Waals surface area (Å²) in [6, 6.07) is 11.1. The molecule has 0 aliphatic rings. The molecule has 26 heavy (non-hydrogen) atoms. The van der Waals surface area contributed by atoms with E-state index in [1.165, 1.54) is 0 Å². The summed E-state index contributed by atoms with van der Waals surface area (Å²) >= 11 is 5.68. The molecule has 0 saturated carbocycles. The molecule has 3 rings (SSSR count). The maximum atomic E-state index is 12.3. The molecule has 6 nitrogen and oxygen atoms in total. The van der Waals surface area contributed by atoms with E-state index < -0.39 is 0 Å². The summed E-state index contributed by atoms with van der Waals surface area (Å²) < 4.78 is 15.1. The number of ether oxygens (including phenoxy) is 1. The van der Waals surface area contributed by atoms with Crippen molar-refractivity contribution in [2.45, 2.75) is 26.6 Å². The van der Waals surface area contributed by atoms with Crippen LogP contribution in [0.2, 0.25) is 0 Å². The number of benzene rings is 1. The van der Waals surface area contributed by atoms with Crippen LogP contribution < -0.4 is 10.1 Å². The number of carbonyl (C=O) groups excluding carboxylic acids is 1. The topological polar surface area (TPSA) is 69.3 Å². The zero-order valence-corrected chi connectivity index (χ0v) is 17.8. The summed E-state index contributed by atoms with van der Waals surface area (Å²) in [7, 11) is 0. The largest absolute Gasteiger partial charge is 0.486 e. The number of carbonyl (C=O) groups is 1. The van der Waals surface area contributed by atoms with Gasteiger partial charge in [-0.15, -0.1) is 0 Å². The molecule has 0 aliphatic carbocycles. The number of rotatable bonds is 7. The van der Waals surface area contributed by atoms with Gasteiger partial charge >= 0.3 is 0 Å². The van der Waals surface area contributed by atoms with Crippen molar-refractivity contribution in [3.63, 3.8) is 0 Å². The molecule has 2 aromatic heterocycles. The first-order valence-electron chi connectivity index (χ1n) is 8.02. The molecule has 3 aromatic rings. The first kappa shape index (κ1) is 19.0. The number of aromatic nitrogens is 2. The Morgan fingerprint density at radius 3 is 2.81 bits per heavy atom. The summed E-state index contributed by atoms with van der Waals surface area (Å²) in [6.07, 6.45) is 1.72. The Balaban J connectivity index is 1.55. The molecule has 0 bridgehead atoms. The van der Waals surface area contributed by atoms with E-state index in [9.17, 15) is 4.79 Å². The number of nitrogens with one attached hydrogen (secondary N) is 1. The highest BCUT2D eigenvalue weighted by Crippen LogP contribution is 2.18. The molecule has 1 aromatic carbocycles. The van der Waals surface area contributed by atoms with Gasteiger partial charge in [-0.2, -0.15) is 5.10 Å². The summed E-state index contributed by atoms with van der Waals surface area (Å²) in [5.74, 6) is 1.32. The van der Waals surface area contributed by atoms with E-state index in [4.69, 9.17) is 9.15 Å². The molecule has 0 atom stereocenters. The second kappa shape index (κ2) is 8.72. The van der Waals surface area contributed by atoms with Gasteiger partial charge < -0.3 is 14.5 Å². The number of hydrogen-bond acceptors (Lipinski definition) is 4. The lowest BCUT2D eigenvalue weighted by Gasteiger charge is -2.07. The van der Waals surface area contributed by atoms with Crippen molar-refractivity contribution in [3.8, 4) is 5.75 Å². The van der Waals surface area contributed by atoms with Gasteiger partial charge in [0.25, 0.3) is 5.91 Å². The van der Waals surface area contributed by atoms with Crippen molar-refractivity contribution in [2.24, 2.45) is 0 Å². The van der Waals surface area contributed by atoms with Crippen LogP contribution in [0.15, 0.2) is 51.5 Å². The van der Waals surface area contributed by atoms with Crippen LogP contribution in [0.3, 0.4) is 0 Å². The average Bonchev–Trinajstić information content (AvgIpc) is 3.26. The summed E-state index contributed by atoms with van der Waals surface area (Å²) in [5, 5.41) is 7.07. The fourth-order valence-corrected chi connectivity index (χ4v) is 3.15. The minimum absolute atomic E-state index is 0.255. The molecule has 1 amide bonds. The van der Waals surface area contributed by atoms with Crippen LogP contribution >= 0.6 is 38.5 Å². The van der Waals surface area contributed by atoms with Crippen molar-refractivity contribution in [2.75, 3.05) is 0 Å². The monoisotopic (exact) mass is 529 g/mol. The van der Waals surface area contributed by atoms with Crippen molar-refractivity contribution < 1.29 is 13.9 Å². The molecular formula is C18H17BrIN3O3. The summed E-state index contributed by atoms with van der Waals surface area (Å²) in [6.45, 7) is 3.36. The highest BCUT2D eigenvalue weighted by atomic mass is 127. The molecule has 1 N–H and O–H groups in total. The Bertz CT molecular complexity index is 889. The smallest absolute Gasteiger partial charge is 0.287 e. The molecule has 0 saturated heterocycles. The quantitative estimate of drug-likeness (QED) is 0.461. The predicted octanol–water partition coefficient (Wildman–Crippen LogP) is 4.37. The van der Waals surface area contributed by atoms with Gasteiger partial charge in [0.15, 0.2) is 5.76 Å². The van der Waals surface area contributed by atoms with Gasteiger partial charge in [0.1, 0.15) is 18.1 Å². The van der Waals surface area contributed by atoms with Gasteiger partial charge in [-0.1, -0.05) is 0 Å². The van der Waals surface area contributed by atoms with Crippen molar-refractivity contribution in [1.82, 2.24) is 15.1 Å². The van der Waals surface area contributed by atoms with E-state index >= 15 is 0 Å². The number of nitrogens with zero attached hydrogens (tertiary/aromatic N) is 2. The molecule has 0 fully saturated rings. The lowest BCUT2D eigenvalue weighted by molar-refractivity contribution is 0.0918. The van der Waals surface area contributed by atoms with Gasteiger partial charge in [0.2, 0.25) is 0 Å². The fraction of sp³-hybridized carbons (Fsp3) is 0.222. The van der Waals surface area contributed by atoms with Gasteiger partial charge in [-0.3, -0.25) is 9.48 Å². The molecular weight excluding hydrogens is 513 g/mol. The Labute approximate surface area is 173 Å². The van der Waals surface area contributed by atoms with E-state index in [0.29, 0.717) is 12.3 Å². The van der Waals surface area contributed by atoms with Gasteiger partial charge in [-0.25, -0.2) is 0 Å². The zero-order chi connectivity index (χ0) is 18.5. The fourth-order valence-electron chi connectivity index (χ4n) is 2.35. The van der Waals surface area contributed by atoms with Crippen LogP contribution in [0.25, 0.3) is 0 Å². The second-order valence-corrected chi connectivity index (χ2v) is 7.55. The lowest BCUT2D eigenvalue weighted by atomic mass is 10.3. The zero-order valence-electron chi connectivity index (χ0n) is 14.0. The van der Waals surface area contributed by atoms with Crippen LogP contribution in [-0.4, -0.2) is 15.7 Å². The average molecular weight is 530 g/mol. The third-order valence-electron chi connectivity index (χ3n) is 3.69. The van der Waals surface area contributed by atoms with E-state index in [0.717, 1.165) is 26.0 Å². The highest BCUT2D eigenvalue weighted by Gasteiger charge is 2.14. The SMILES string of the molecule is CCn1ncc(Br)c1CNC(=O)c1ccc(COc2ccc(I)cc2)o1. The number of halogens is 2. The number of furan rings is 1. The highest BCUT2D eigenvalue weighted by molar-refractivity contribution is 14.1. The maximum absolute atomic E-state index is 12.3. The number of hydrogen-bond donors (Lipinski definition) is 1. The maximum Gasteiger partial charge on any atom is 0.287 e. The molecule has 2 heterocycles. The molecule has 136 valence electrons. The third kappa shape index (κ3) is 4.67. The number of aryl methyl sites for hydroxylation is 1. The number of amides is 1. The predicted molar refractivity (Wildman–Crippen MR) is 109 cm³/mol. The van der Waals surface area contributed by atoms with Gasteiger partial charge in [-0.05, 0) is 81.8 Å². The molecule has 0 spiro atoms. The first-order chi connectivity index (χ1) is 12.6. The Kier molecular flexibility index (Phi) is 6.36. The van der Waals surface area contributed by atoms with E-state index in [-0.39, 0.29) is 18.3 Å². The van der Waals surface area contributed by atoms with Gasteiger partial charge in [0, 0.05) is 10.1 Å². The second-order valence-electron chi connectivity index (χ2n) is 5.45. The van der Waals surface area contributed by atoms with Crippen LogP contribution in [0, 0.1) is 3.57 Å². The van der Waals surface area contributed by atoms with Crippen molar-refractivity contribution in [1.29, 1.82) is 0 Å². The minimum Gasteiger partial charge on any atom is -0.486 e. The molecule has 0 radical (unpaired) electrons. The first-order valence-corrected chi connectivity index (χ1v) is 9.89. The lowest BCUT2D eigenvalue weighted by Crippen LogP contribution is -2.24. The standard InChI is InChI=1S/C18H17BrIN3O3/c1-2-23-16(15(19)9-22-23)10-21-18(24)17-8-7-14(26-17)11-25-13-5-3-12(20)4-6-13/h3-9H,2,10-11H2,1H3,(H,21,24). The summed E-state index contributed by atoms with van der Waals surface area (Å²) in [5.41, 5.74) is 0.912. The summed E-state index contributed by atoms with van der Waals surface area (Å²) in [4.78, 5) is 12.3. The van der Waals surface area contributed by atoms with Crippen LogP contribution in [-0.2, 0) is 19.7 Å². The van der Waals surface area contributed by atoms with Crippen LogP contribution in [0.1, 0.15) is 28.9 Å². The van der Waals surface area contributed by atoms with E-state index in [1.54, 1.807) is 18.3 Å². The van der Waals surface area contributed by atoms with E-state index in [1.807, 2.05) is 35.9 Å². The van der Waals surface area contributed by atoms with Crippen molar-refractivity contribution in [3.05, 3.63) is 67.9 Å². The normalized spacial score (nSPS) is 10.7. The Morgan fingerprint density at radius 1 is 1.31 bits per heavy atom. The minimum atomic E-state index is -0.277. The molecule has 0 aliphatic heterocycles. The third-order valence-corrected chi connectivity index (χ3v) is 5.08.